The molecule has 5 nitrogen and oxygen atoms in total. The molecule has 0 spiro atoms. The molecule has 1 aliphatic heterocycles. The summed E-state index contributed by atoms with van der Waals surface area (Å²) in [6.45, 7) is 0.889. The van der Waals surface area contributed by atoms with Crippen molar-refractivity contribution in [2.75, 3.05) is 6.54 Å². The van der Waals surface area contributed by atoms with Gasteiger partial charge in [-0.2, -0.15) is 0 Å². The van der Waals surface area contributed by atoms with Gasteiger partial charge in [0.1, 0.15) is 0 Å². The number of nitrogens with zero attached hydrogens (tertiary/aromatic N) is 2. The van der Waals surface area contributed by atoms with E-state index in [0.29, 0.717) is 25.1 Å². The van der Waals surface area contributed by atoms with Crippen LogP contribution in [0.5, 0.6) is 0 Å². The highest BCUT2D eigenvalue weighted by Gasteiger charge is 2.25. The van der Waals surface area contributed by atoms with Gasteiger partial charge in [-0.05, 0) is 30.0 Å². The van der Waals surface area contributed by atoms with Gasteiger partial charge < -0.3 is 9.88 Å². The smallest absolute Gasteiger partial charge is 0.255 e. The van der Waals surface area contributed by atoms with Crippen LogP contribution in [0.1, 0.15) is 32.7 Å². The van der Waals surface area contributed by atoms with Gasteiger partial charge in [-0.3, -0.25) is 9.59 Å². The lowest BCUT2D eigenvalue weighted by atomic mass is 9.98. The number of hydrogen-bond acceptors (Lipinski definition) is 3. The van der Waals surface area contributed by atoms with E-state index in [4.69, 9.17) is 0 Å². The third-order valence-corrected chi connectivity index (χ3v) is 5.07. The van der Waals surface area contributed by atoms with Gasteiger partial charge in [0.05, 0.1) is 24.1 Å². The van der Waals surface area contributed by atoms with E-state index in [1.165, 1.54) is 11.9 Å². The highest BCUT2D eigenvalue weighted by molar-refractivity contribution is 5.95. The maximum atomic E-state index is 13.1. The summed E-state index contributed by atoms with van der Waals surface area (Å²) < 4.78 is 0. The van der Waals surface area contributed by atoms with Gasteiger partial charge in [0.25, 0.3) is 11.5 Å². The molecule has 0 fully saturated rings. The molecule has 136 valence electrons. The number of benzene rings is 2. The highest BCUT2D eigenvalue weighted by Crippen LogP contribution is 2.19. The van der Waals surface area contributed by atoms with E-state index in [0.717, 1.165) is 29.7 Å². The first kappa shape index (κ1) is 17.2. The number of carbonyl (C=O) groups excluding carboxylic acids is 1. The molecule has 1 aromatic heterocycles. The van der Waals surface area contributed by atoms with Crippen molar-refractivity contribution in [1.29, 1.82) is 0 Å². The molecule has 0 unspecified atom stereocenters. The second-order valence-corrected chi connectivity index (χ2v) is 6.78. The maximum absolute atomic E-state index is 13.1. The minimum absolute atomic E-state index is 0.0208. The zero-order valence-corrected chi connectivity index (χ0v) is 15.0. The fourth-order valence-corrected chi connectivity index (χ4v) is 3.57. The molecule has 2 heterocycles. The van der Waals surface area contributed by atoms with Crippen LogP contribution in [-0.2, 0) is 25.8 Å². The second-order valence-electron chi connectivity index (χ2n) is 6.78. The van der Waals surface area contributed by atoms with Crippen LogP contribution < -0.4 is 5.56 Å². The third kappa shape index (κ3) is 3.67. The van der Waals surface area contributed by atoms with Crippen LogP contribution >= 0.6 is 0 Å². The number of H-pyrrole nitrogens is 1. The minimum Gasteiger partial charge on any atom is -0.334 e. The van der Waals surface area contributed by atoms with Crippen LogP contribution in [0, 0.1) is 0 Å². The quantitative estimate of drug-likeness (QED) is 0.779. The Balaban J connectivity index is 1.54. The molecule has 0 atom stereocenters. The summed E-state index contributed by atoms with van der Waals surface area (Å²) in [6.07, 6.45) is 3.73. The molecular formula is C22H21N3O2. The largest absolute Gasteiger partial charge is 0.334 e. The minimum atomic E-state index is -0.158. The molecule has 0 aliphatic carbocycles. The molecule has 4 rings (SSSR count). The van der Waals surface area contributed by atoms with Crippen LogP contribution in [-0.4, -0.2) is 27.3 Å². The average molecular weight is 359 g/mol. The normalized spacial score (nSPS) is 13.3. The fourth-order valence-electron chi connectivity index (χ4n) is 3.57. The van der Waals surface area contributed by atoms with Crippen molar-refractivity contribution in [3.63, 3.8) is 0 Å². The number of aromatic amines is 1. The summed E-state index contributed by atoms with van der Waals surface area (Å²) >= 11 is 0. The van der Waals surface area contributed by atoms with Gasteiger partial charge in [0.15, 0.2) is 0 Å². The molecule has 0 saturated heterocycles. The number of rotatable bonds is 4. The first-order valence-corrected chi connectivity index (χ1v) is 9.19. The topological polar surface area (TPSA) is 66.1 Å². The van der Waals surface area contributed by atoms with Crippen molar-refractivity contribution in [3.8, 4) is 0 Å². The van der Waals surface area contributed by atoms with Gasteiger partial charge in [0, 0.05) is 18.5 Å². The summed E-state index contributed by atoms with van der Waals surface area (Å²) in [7, 11) is 0. The average Bonchev–Trinajstić information content (AvgIpc) is 2.73. The Labute approximate surface area is 157 Å². The molecule has 0 radical (unpaired) electrons. The Bertz CT molecular complexity index is 1010. The van der Waals surface area contributed by atoms with E-state index in [-0.39, 0.29) is 11.5 Å². The van der Waals surface area contributed by atoms with E-state index < -0.39 is 0 Å². The van der Waals surface area contributed by atoms with E-state index in [9.17, 15) is 9.59 Å². The molecule has 27 heavy (non-hydrogen) atoms. The number of hydrogen-bond donors (Lipinski definition) is 1. The molecule has 0 bridgehead atoms. The Morgan fingerprint density at radius 2 is 1.81 bits per heavy atom. The maximum Gasteiger partial charge on any atom is 0.255 e. The van der Waals surface area contributed by atoms with Crippen LogP contribution in [0.4, 0.5) is 0 Å². The van der Waals surface area contributed by atoms with E-state index >= 15 is 0 Å². The summed E-state index contributed by atoms with van der Waals surface area (Å²) in [4.78, 5) is 33.8. The number of fused-ring (bicyclic) bond motifs is 1. The van der Waals surface area contributed by atoms with Crippen LogP contribution in [0.25, 0.3) is 0 Å². The predicted molar refractivity (Wildman–Crippen MR) is 104 cm³/mol. The molecule has 1 aliphatic rings. The highest BCUT2D eigenvalue weighted by atomic mass is 16.2. The molecular weight excluding hydrogens is 338 g/mol. The predicted octanol–water partition coefficient (Wildman–Crippen LogP) is 2.75. The monoisotopic (exact) mass is 359 g/mol. The molecule has 1 N–H and O–H groups in total. The number of nitrogens with one attached hydrogen (secondary N) is 1. The summed E-state index contributed by atoms with van der Waals surface area (Å²) in [5.41, 5.74) is 4.24. The van der Waals surface area contributed by atoms with Crippen molar-refractivity contribution < 1.29 is 4.79 Å². The molecule has 3 aromatic rings. The number of carbonyl (C=O) groups is 1. The van der Waals surface area contributed by atoms with Crippen molar-refractivity contribution in [2.45, 2.75) is 25.8 Å². The summed E-state index contributed by atoms with van der Waals surface area (Å²) in [5, 5.41) is 0. The Kier molecular flexibility index (Phi) is 4.83. The number of aryl methyl sites for hydroxylation is 2. The summed E-state index contributed by atoms with van der Waals surface area (Å²) in [6, 6.07) is 18.0. The van der Waals surface area contributed by atoms with Gasteiger partial charge in [-0.1, -0.05) is 48.5 Å². The van der Waals surface area contributed by atoms with Crippen LogP contribution in [0.15, 0.2) is 65.7 Å². The van der Waals surface area contributed by atoms with Gasteiger partial charge in [0.2, 0.25) is 0 Å². The zero-order chi connectivity index (χ0) is 18.6. The van der Waals surface area contributed by atoms with E-state index in [2.05, 4.69) is 22.1 Å². The van der Waals surface area contributed by atoms with Crippen molar-refractivity contribution >= 4 is 5.91 Å². The first-order chi connectivity index (χ1) is 13.2. The fraction of sp³-hybridized carbons (Fsp3) is 0.227. The zero-order valence-electron chi connectivity index (χ0n) is 15.0. The van der Waals surface area contributed by atoms with Crippen molar-refractivity contribution in [2.24, 2.45) is 0 Å². The van der Waals surface area contributed by atoms with E-state index in [1.54, 1.807) is 4.90 Å². The second kappa shape index (κ2) is 7.58. The van der Waals surface area contributed by atoms with Crippen molar-refractivity contribution in [3.05, 3.63) is 99.2 Å². The first-order valence-electron chi connectivity index (χ1n) is 9.19. The van der Waals surface area contributed by atoms with Gasteiger partial charge >= 0.3 is 0 Å². The van der Waals surface area contributed by atoms with Gasteiger partial charge in [-0.25, -0.2) is 4.98 Å². The number of amides is 1. The van der Waals surface area contributed by atoms with E-state index in [1.807, 2.05) is 42.5 Å². The summed E-state index contributed by atoms with van der Waals surface area (Å²) in [5.74, 6) is -0.0208. The molecule has 2 aromatic carbocycles. The standard InChI is InChI=1S/C22H21N3O2/c26-21-19-14-25(13-12-20(19)23-15-24-21)22(27)18-9-5-4-8-17(18)11-10-16-6-2-1-3-7-16/h1-9,15H,10-14H2,(H,23,24,26). The van der Waals surface area contributed by atoms with Crippen molar-refractivity contribution in [1.82, 2.24) is 14.9 Å². The molecule has 5 heteroatoms. The third-order valence-electron chi connectivity index (χ3n) is 5.07. The Hall–Kier alpha value is -3.21. The Morgan fingerprint density at radius 1 is 1.04 bits per heavy atom. The van der Waals surface area contributed by atoms with Gasteiger partial charge in [-0.15, -0.1) is 0 Å². The lowest BCUT2D eigenvalue weighted by Crippen LogP contribution is -2.39. The Morgan fingerprint density at radius 3 is 2.67 bits per heavy atom. The lowest BCUT2D eigenvalue weighted by Gasteiger charge is -2.28. The lowest BCUT2D eigenvalue weighted by molar-refractivity contribution is 0.0731. The SMILES string of the molecule is O=C(c1ccccc1CCc1ccccc1)N1CCc2nc[nH]c(=O)c2C1. The molecule has 1 amide bonds. The number of aromatic nitrogens is 2. The van der Waals surface area contributed by atoms with Crippen LogP contribution in [0.2, 0.25) is 0 Å². The molecule has 0 saturated carbocycles. The van der Waals surface area contributed by atoms with Crippen LogP contribution in [0.3, 0.4) is 0 Å².